The molecule has 3 rings (SSSR count). The van der Waals surface area contributed by atoms with Crippen LogP contribution in [0.25, 0.3) is 0 Å². The normalized spacial score (nSPS) is 18.0. The van der Waals surface area contributed by atoms with Gasteiger partial charge in [0, 0.05) is 14.6 Å². The van der Waals surface area contributed by atoms with Gasteiger partial charge in [-0.1, -0.05) is 37.9 Å². The van der Waals surface area contributed by atoms with E-state index in [-0.39, 0.29) is 11.9 Å². The minimum Gasteiger partial charge on any atom is -0.369 e. The highest BCUT2D eigenvalue weighted by Gasteiger charge is 2.30. The highest BCUT2D eigenvalue weighted by Crippen LogP contribution is 2.35. The Morgan fingerprint density at radius 3 is 2.52 bits per heavy atom. The Morgan fingerprint density at radius 1 is 1.14 bits per heavy atom. The molecule has 1 heterocycles. The molecule has 0 saturated carbocycles. The van der Waals surface area contributed by atoms with Gasteiger partial charge >= 0.3 is 0 Å². The maximum atomic E-state index is 13.3. The molecule has 0 radical (unpaired) electrons. The number of halogens is 3. The first-order chi connectivity index (χ1) is 10.1. The van der Waals surface area contributed by atoms with E-state index in [0.29, 0.717) is 12.5 Å². The first-order valence-corrected chi connectivity index (χ1v) is 7.94. The summed E-state index contributed by atoms with van der Waals surface area (Å²) in [6, 6.07) is 12.5. The Kier molecular flexibility index (Phi) is 3.99. The van der Waals surface area contributed by atoms with Crippen LogP contribution in [0.4, 0.5) is 10.1 Å². The molecule has 2 aromatic rings. The van der Waals surface area contributed by atoms with E-state index < -0.39 is 0 Å². The number of rotatable bonds is 2. The second-order valence-corrected chi connectivity index (χ2v) is 6.50. The number of guanidine groups is 1. The van der Waals surface area contributed by atoms with Crippen LogP contribution in [-0.2, 0) is 0 Å². The molecule has 1 aliphatic rings. The highest BCUT2D eigenvalue weighted by molar-refractivity contribution is 9.10. The van der Waals surface area contributed by atoms with Crippen molar-refractivity contribution < 1.29 is 4.39 Å². The maximum absolute atomic E-state index is 13.3. The summed E-state index contributed by atoms with van der Waals surface area (Å²) in [4.78, 5) is 6.29. The number of aliphatic imine (C=N–C) groups is 1. The van der Waals surface area contributed by atoms with Crippen LogP contribution in [-0.4, -0.2) is 12.5 Å². The van der Waals surface area contributed by atoms with E-state index in [4.69, 9.17) is 5.73 Å². The summed E-state index contributed by atoms with van der Waals surface area (Å²) in [5, 5.41) is 0. The Hall–Kier alpha value is -1.40. The molecule has 0 aliphatic carbocycles. The lowest BCUT2D eigenvalue weighted by Gasteiger charge is -2.27. The Balaban J connectivity index is 2.00. The molecule has 0 fully saturated rings. The van der Waals surface area contributed by atoms with E-state index in [1.165, 1.54) is 12.1 Å². The molecule has 21 heavy (non-hydrogen) atoms. The molecular weight excluding hydrogens is 401 g/mol. The van der Waals surface area contributed by atoms with Gasteiger partial charge in [-0.25, -0.2) is 4.39 Å². The zero-order valence-electron chi connectivity index (χ0n) is 10.9. The lowest BCUT2D eigenvalue weighted by molar-refractivity contribution is 0.624. The van der Waals surface area contributed by atoms with Crippen LogP contribution in [0.2, 0.25) is 0 Å². The lowest BCUT2D eigenvalue weighted by Crippen LogP contribution is -2.36. The summed E-state index contributed by atoms with van der Waals surface area (Å²) >= 11 is 6.84. The molecule has 0 bridgehead atoms. The van der Waals surface area contributed by atoms with E-state index >= 15 is 0 Å². The van der Waals surface area contributed by atoms with E-state index in [2.05, 4.69) is 36.9 Å². The topological polar surface area (TPSA) is 41.6 Å². The standard InChI is InChI=1S/C15H12Br2FN3/c16-9-1-4-11(5-2-9)21-14(8-20-15(21)19)12-6-3-10(18)7-13(12)17/h1-7,14H,8H2,(H2,19,20). The fourth-order valence-corrected chi connectivity index (χ4v) is 3.30. The van der Waals surface area contributed by atoms with Crippen LogP contribution in [0.15, 0.2) is 56.4 Å². The van der Waals surface area contributed by atoms with Gasteiger partial charge in [0.15, 0.2) is 5.96 Å². The van der Waals surface area contributed by atoms with Crippen molar-refractivity contribution in [3.05, 3.63) is 62.8 Å². The van der Waals surface area contributed by atoms with Crippen LogP contribution < -0.4 is 10.6 Å². The van der Waals surface area contributed by atoms with Crippen molar-refractivity contribution in [3.63, 3.8) is 0 Å². The number of benzene rings is 2. The summed E-state index contributed by atoms with van der Waals surface area (Å²) in [6.07, 6.45) is 0. The van der Waals surface area contributed by atoms with Gasteiger partial charge in [0.2, 0.25) is 0 Å². The first kappa shape index (κ1) is 14.5. The van der Waals surface area contributed by atoms with Crippen molar-refractivity contribution in [2.24, 2.45) is 10.7 Å². The van der Waals surface area contributed by atoms with Crippen molar-refractivity contribution in [2.45, 2.75) is 6.04 Å². The van der Waals surface area contributed by atoms with Gasteiger partial charge in [0.1, 0.15) is 5.82 Å². The monoisotopic (exact) mass is 411 g/mol. The van der Waals surface area contributed by atoms with Crippen LogP contribution in [0, 0.1) is 5.82 Å². The zero-order valence-corrected chi connectivity index (χ0v) is 14.1. The molecule has 0 aromatic heterocycles. The molecule has 0 amide bonds. The molecule has 6 heteroatoms. The summed E-state index contributed by atoms with van der Waals surface area (Å²) in [6.45, 7) is 0.548. The maximum Gasteiger partial charge on any atom is 0.196 e. The second kappa shape index (κ2) is 5.77. The van der Waals surface area contributed by atoms with Crippen LogP contribution in [0.3, 0.4) is 0 Å². The molecule has 2 aromatic carbocycles. The third-order valence-corrected chi connectivity index (χ3v) is 4.63. The summed E-state index contributed by atoms with van der Waals surface area (Å²) < 4.78 is 15.0. The third kappa shape index (κ3) is 2.82. The van der Waals surface area contributed by atoms with E-state index in [0.717, 1.165) is 20.2 Å². The van der Waals surface area contributed by atoms with Gasteiger partial charge in [-0.3, -0.25) is 4.99 Å². The zero-order chi connectivity index (χ0) is 15.0. The van der Waals surface area contributed by atoms with E-state index in [9.17, 15) is 4.39 Å². The number of hydrogen-bond acceptors (Lipinski definition) is 3. The average Bonchev–Trinajstić information content (AvgIpc) is 2.82. The quantitative estimate of drug-likeness (QED) is 0.801. The summed E-state index contributed by atoms with van der Waals surface area (Å²) in [5.74, 6) is 0.200. The van der Waals surface area contributed by atoms with Gasteiger partial charge < -0.3 is 10.6 Å². The van der Waals surface area contributed by atoms with E-state index in [1.807, 2.05) is 29.2 Å². The van der Waals surface area contributed by atoms with Crippen molar-refractivity contribution >= 4 is 43.5 Å². The fourth-order valence-electron chi connectivity index (χ4n) is 2.42. The Labute approximate surface area is 138 Å². The summed E-state index contributed by atoms with van der Waals surface area (Å²) in [5.41, 5.74) is 7.95. The lowest BCUT2D eigenvalue weighted by atomic mass is 10.1. The van der Waals surface area contributed by atoms with Gasteiger partial charge in [-0.15, -0.1) is 0 Å². The predicted molar refractivity (Wildman–Crippen MR) is 90.0 cm³/mol. The molecule has 108 valence electrons. The Morgan fingerprint density at radius 2 is 1.86 bits per heavy atom. The molecule has 0 spiro atoms. The molecule has 1 atom stereocenters. The van der Waals surface area contributed by atoms with Crippen molar-refractivity contribution in [2.75, 3.05) is 11.4 Å². The average molecular weight is 413 g/mol. The van der Waals surface area contributed by atoms with Gasteiger partial charge in [-0.05, 0) is 42.0 Å². The third-order valence-electron chi connectivity index (χ3n) is 3.41. The van der Waals surface area contributed by atoms with Crippen molar-refractivity contribution in [3.8, 4) is 0 Å². The molecular formula is C15H12Br2FN3. The minimum absolute atomic E-state index is 0.0406. The fraction of sp³-hybridized carbons (Fsp3) is 0.133. The molecule has 2 N–H and O–H groups in total. The van der Waals surface area contributed by atoms with Gasteiger partial charge in [-0.2, -0.15) is 0 Å². The second-order valence-electron chi connectivity index (χ2n) is 4.73. The predicted octanol–water partition coefficient (Wildman–Crippen LogP) is 4.23. The Bertz CT molecular complexity index is 701. The van der Waals surface area contributed by atoms with Crippen LogP contribution in [0.5, 0.6) is 0 Å². The number of anilines is 1. The highest BCUT2D eigenvalue weighted by atomic mass is 79.9. The number of nitrogens with zero attached hydrogens (tertiary/aromatic N) is 2. The SMILES string of the molecule is NC1=NCC(c2ccc(F)cc2Br)N1c1ccc(Br)cc1. The largest absolute Gasteiger partial charge is 0.369 e. The van der Waals surface area contributed by atoms with Gasteiger partial charge in [0.05, 0.1) is 12.6 Å². The molecule has 1 aliphatic heterocycles. The molecule has 1 unspecified atom stereocenters. The van der Waals surface area contributed by atoms with Crippen LogP contribution >= 0.6 is 31.9 Å². The van der Waals surface area contributed by atoms with Crippen LogP contribution in [0.1, 0.15) is 11.6 Å². The molecule has 0 saturated heterocycles. The molecule has 3 nitrogen and oxygen atoms in total. The first-order valence-electron chi connectivity index (χ1n) is 6.36. The number of nitrogens with two attached hydrogens (primary N) is 1. The smallest absolute Gasteiger partial charge is 0.196 e. The van der Waals surface area contributed by atoms with E-state index in [1.54, 1.807) is 6.07 Å². The van der Waals surface area contributed by atoms with Crippen molar-refractivity contribution in [1.82, 2.24) is 0 Å². The van der Waals surface area contributed by atoms with Gasteiger partial charge in [0.25, 0.3) is 0 Å². The van der Waals surface area contributed by atoms with Crippen molar-refractivity contribution in [1.29, 1.82) is 0 Å². The summed E-state index contributed by atoms with van der Waals surface area (Å²) in [7, 11) is 0. The minimum atomic E-state index is -0.271. The number of hydrogen-bond donors (Lipinski definition) is 1.